The summed E-state index contributed by atoms with van der Waals surface area (Å²) in [6, 6.07) is 11.4. The Kier molecular flexibility index (Phi) is 4.55. The molecular formula is C16H14ClFN2OS. The molecule has 0 bridgehead atoms. The Balaban J connectivity index is 1.72. The van der Waals surface area contributed by atoms with Crippen molar-refractivity contribution >= 4 is 35.1 Å². The van der Waals surface area contributed by atoms with Crippen LogP contribution in [-0.4, -0.2) is 11.8 Å². The SMILES string of the molecule is O=C(Nc1cccc(Cl)c1)N[C@@H]1CCSc2c(F)cccc21. The van der Waals surface area contributed by atoms with Crippen LogP contribution in [0, 0.1) is 5.82 Å². The molecule has 0 aromatic heterocycles. The molecule has 2 aromatic carbocycles. The van der Waals surface area contributed by atoms with E-state index in [-0.39, 0.29) is 17.9 Å². The van der Waals surface area contributed by atoms with Crippen molar-refractivity contribution in [1.82, 2.24) is 5.32 Å². The Morgan fingerprint density at radius 1 is 1.27 bits per heavy atom. The number of urea groups is 1. The first-order valence-electron chi connectivity index (χ1n) is 6.88. The minimum absolute atomic E-state index is 0.189. The molecular weight excluding hydrogens is 323 g/mol. The predicted octanol–water partition coefficient (Wildman–Crippen LogP) is 4.84. The predicted molar refractivity (Wildman–Crippen MR) is 88.1 cm³/mol. The summed E-state index contributed by atoms with van der Waals surface area (Å²) in [5, 5.41) is 6.19. The van der Waals surface area contributed by atoms with E-state index in [9.17, 15) is 9.18 Å². The third-order valence-electron chi connectivity index (χ3n) is 3.41. The first-order chi connectivity index (χ1) is 10.6. The van der Waals surface area contributed by atoms with Gasteiger partial charge in [0.2, 0.25) is 0 Å². The van der Waals surface area contributed by atoms with Gasteiger partial charge in [-0.2, -0.15) is 0 Å². The fourth-order valence-corrected chi connectivity index (χ4v) is 3.76. The average Bonchev–Trinajstić information content (AvgIpc) is 2.48. The van der Waals surface area contributed by atoms with Crippen LogP contribution in [0.4, 0.5) is 14.9 Å². The van der Waals surface area contributed by atoms with Gasteiger partial charge < -0.3 is 10.6 Å². The Labute approximate surface area is 137 Å². The maximum Gasteiger partial charge on any atom is 0.319 e. The minimum Gasteiger partial charge on any atom is -0.331 e. The van der Waals surface area contributed by atoms with Crippen molar-refractivity contribution in [2.24, 2.45) is 0 Å². The summed E-state index contributed by atoms with van der Waals surface area (Å²) in [5.74, 6) is 0.542. The highest BCUT2D eigenvalue weighted by atomic mass is 35.5. The van der Waals surface area contributed by atoms with E-state index in [0.717, 1.165) is 17.7 Å². The van der Waals surface area contributed by atoms with Crippen molar-refractivity contribution in [1.29, 1.82) is 0 Å². The molecule has 1 aliphatic heterocycles. The Bertz CT molecular complexity index is 710. The van der Waals surface area contributed by atoms with Gasteiger partial charge in [0, 0.05) is 21.4 Å². The largest absolute Gasteiger partial charge is 0.331 e. The van der Waals surface area contributed by atoms with E-state index in [1.165, 1.54) is 17.8 Å². The summed E-state index contributed by atoms with van der Waals surface area (Å²) >= 11 is 7.38. The Hall–Kier alpha value is -1.72. The molecule has 3 nitrogen and oxygen atoms in total. The Morgan fingerprint density at radius 2 is 2.09 bits per heavy atom. The summed E-state index contributed by atoms with van der Waals surface area (Å²) in [7, 11) is 0. The second kappa shape index (κ2) is 6.58. The highest BCUT2D eigenvalue weighted by molar-refractivity contribution is 7.99. The smallest absolute Gasteiger partial charge is 0.319 e. The molecule has 3 rings (SSSR count). The molecule has 6 heteroatoms. The van der Waals surface area contributed by atoms with Gasteiger partial charge in [0.15, 0.2) is 0 Å². The lowest BCUT2D eigenvalue weighted by Crippen LogP contribution is -2.34. The number of fused-ring (bicyclic) bond motifs is 1. The van der Waals surface area contributed by atoms with E-state index < -0.39 is 0 Å². The fourth-order valence-electron chi connectivity index (χ4n) is 2.43. The van der Waals surface area contributed by atoms with Gasteiger partial charge in [0.1, 0.15) is 5.82 Å². The van der Waals surface area contributed by atoms with Crippen LogP contribution < -0.4 is 10.6 Å². The maximum absolute atomic E-state index is 13.8. The highest BCUT2D eigenvalue weighted by Crippen LogP contribution is 2.37. The molecule has 0 saturated heterocycles. The molecule has 2 amide bonds. The summed E-state index contributed by atoms with van der Waals surface area (Å²) in [6.07, 6.45) is 0.768. The normalized spacial score (nSPS) is 16.7. The lowest BCUT2D eigenvalue weighted by molar-refractivity contribution is 0.248. The molecule has 0 unspecified atom stereocenters. The van der Waals surface area contributed by atoms with Gasteiger partial charge in [-0.1, -0.05) is 29.8 Å². The van der Waals surface area contributed by atoms with Gasteiger partial charge in [-0.25, -0.2) is 9.18 Å². The van der Waals surface area contributed by atoms with E-state index in [1.54, 1.807) is 30.3 Å². The van der Waals surface area contributed by atoms with Crippen LogP contribution in [0.3, 0.4) is 0 Å². The van der Waals surface area contributed by atoms with Crippen LogP contribution in [0.2, 0.25) is 5.02 Å². The number of carbonyl (C=O) groups is 1. The highest BCUT2D eigenvalue weighted by Gasteiger charge is 2.24. The molecule has 22 heavy (non-hydrogen) atoms. The molecule has 0 saturated carbocycles. The molecule has 0 spiro atoms. The molecule has 0 fully saturated rings. The number of thioether (sulfide) groups is 1. The number of rotatable bonds is 2. The van der Waals surface area contributed by atoms with Gasteiger partial charge in [0.25, 0.3) is 0 Å². The lowest BCUT2D eigenvalue weighted by Gasteiger charge is -2.26. The van der Waals surface area contributed by atoms with Crippen molar-refractivity contribution in [3.05, 3.63) is 58.9 Å². The number of nitrogens with one attached hydrogen (secondary N) is 2. The maximum atomic E-state index is 13.8. The van der Waals surface area contributed by atoms with Gasteiger partial charge in [-0.3, -0.25) is 0 Å². The zero-order valence-electron chi connectivity index (χ0n) is 11.6. The monoisotopic (exact) mass is 336 g/mol. The van der Waals surface area contributed by atoms with Gasteiger partial charge in [-0.05, 0) is 36.2 Å². The Morgan fingerprint density at radius 3 is 2.91 bits per heavy atom. The van der Waals surface area contributed by atoms with Gasteiger partial charge in [-0.15, -0.1) is 11.8 Å². The summed E-state index contributed by atoms with van der Waals surface area (Å²) in [6.45, 7) is 0. The van der Waals surface area contributed by atoms with Crippen molar-refractivity contribution in [3.8, 4) is 0 Å². The molecule has 2 N–H and O–H groups in total. The summed E-state index contributed by atoms with van der Waals surface area (Å²) < 4.78 is 13.8. The molecule has 0 aliphatic carbocycles. The summed E-state index contributed by atoms with van der Waals surface area (Å²) in [5.41, 5.74) is 1.45. The van der Waals surface area contributed by atoms with Crippen molar-refractivity contribution in [2.75, 3.05) is 11.1 Å². The molecule has 2 aromatic rings. The second-order valence-corrected chi connectivity index (χ2v) is 6.50. The molecule has 1 aliphatic rings. The molecule has 114 valence electrons. The zero-order chi connectivity index (χ0) is 15.5. The first kappa shape index (κ1) is 15.2. The zero-order valence-corrected chi connectivity index (χ0v) is 13.2. The van der Waals surface area contributed by atoms with E-state index >= 15 is 0 Å². The van der Waals surface area contributed by atoms with Crippen LogP contribution in [0.15, 0.2) is 47.4 Å². The van der Waals surface area contributed by atoms with E-state index in [4.69, 9.17) is 11.6 Å². The summed E-state index contributed by atoms with van der Waals surface area (Å²) in [4.78, 5) is 12.7. The van der Waals surface area contributed by atoms with Crippen molar-refractivity contribution in [3.63, 3.8) is 0 Å². The van der Waals surface area contributed by atoms with Crippen LogP contribution in [-0.2, 0) is 0 Å². The first-order valence-corrected chi connectivity index (χ1v) is 8.24. The van der Waals surface area contributed by atoms with E-state index in [0.29, 0.717) is 15.6 Å². The number of anilines is 1. The average molecular weight is 337 g/mol. The third-order valence-corrected chi connectivity index (χ3v) is 4.81. The van der Waals surface area contributed by atoms with Crippen LogP contribution in [0.5, 0.6) is 0 Å². The number of halogens is 2. The topological polar surface area (TPSA) is 41.1 Å². The molecule has 0 radical (unpaired) electrons. The van der Waals surface area contributed by atoms with Crippen molar-refractivity contribution < 1.29 is 9.18 Å². The van der Waals surface area contributed by atoms with Crippen LogP contribution in [0.25, 0.3) is 0 Å². The quantitative estimate of drug-likeness (QED) is 0.824. The van der Waals surface area contributed by atoms with Gasteiger partial charge >= 0.3 is 6.03 Å². The number of benzene rings is 2. The minimum atomic E-state index is -0.325. The number of carbonyl (C=O) groups excluding carboxylic acids is 1. The number of hydrogen-bond donors (Lipinski definition) is 2. The number of hydrogen-bond acceptors (Lipinski definition) is 2. The fraction of sp³-hybridized carbons (Fsp3) is 0.188. The third kappa shape index (κ3) is 3.36. The van der Waals surface area contributed by atoms with Crippen molar-refractivity contribution in [2.45, 2.75) is 17.4 Å². The van der Waals surface area contributed by atoms with Crippen LogP contribution in [0.1, 0.15) is 18.0 Å². The second-order valence-electron chi connectivity index (χ2n) is 4.96. The molecule has 1 heterocycles. The van der Waals surface area contributed by atoms with Crippen LogP contribution >= 0.6 is 23.4 Å². The van der Waals surface area contributed by atoms with E-state index in [2.05, 4.69) is 10.6 Å². The van der Waals surface area contributed by atoms with E-state index in [1.807, 2.05) is 6.07 Å². The molecule has 1 atom stereocenters. The number of amides is 2. The lowest BCUT2D eigenvalue weighted by atomic mass is 10.0. The van der Waals surface area contributed by atoms with Gasteiger partial charge in [0.05, 0.1) is 6.04 Å². The standard InChI is InChI=1S/C16H14ClFN2OS/c17-10-3-1-4-11(9-10)19-16(21)20-14-7-8-22-15-12(14)5-2-6-13(15)18/h1-6,9,14H,7-8H2,(H2,19,20,21)/t14-/m1/s1.